The van der Waals surface area contributed by atoms with Gasteiger partial charge in [-0.1, -0.05) is 6.07 Å². The molecule has 2 aromatic heterocycles. The van der Waals surface area contributed by atoms with Crippen molar-refractivity contribution in [3.05, 3.63) is 35.7 Å². The van der Waals surface area contributed by atoms with Crippen LogP contribution in [0, 0.1) is 0 Å². The number of likely N-dealkylation sites (N-methyl/N-ethyl adjacent to an activating group) is 1. The second kappa shape index (κ2) is 8.31. The topological polar surface area (TPSA) is 57.2 Å². The molecule has 6 nitrogen and oxygen atoms in total. The average Bonchev–Trinajstić information content (AvgIpc) is 3.17. The minimum atomic E-state index is 0.390. The number of pyridine rings is 1. The minimum absolute atomic E-state index is 0.390. The van der Waals surface area contributed by atoms with E-state index in [4.69, 9.17) is 9.97 Å². The number of hydrogen-bond acceptors (Lipinski definition) is 6. The van der Waals surface area contributed by atoms with Gasteiger partial charge in [-0.15, -0.1) is 0 Å². The van der Waals surface area contributed by atoms with Crippen LogP contribution in [0.1, 0.15) is 31.0 Å². The standard InChI is InChI=1S/C21H30N6/c1-16(9-11-27-14-12-26(2)13-15-27)23-20-17-6-5-8-18(17)24-21(25-20)19-7-3-4-10-22-19/h3-4,7,10,16H,5-6,8-9,11-15H2,1-2H3,(H,23,24,25). The third kappa shape index (κ3) is 4.45. The number of anilines is 1. The molecule has 144 valence electrons. The van der Waals surface area contributed by atoms with E-state index in [1.807, 2.05) is 18.2 Å². The summed E-state index contributed by atoms with van der Waals surface area (Å²) in [6.07, 6.45) is 6.21. The molecule has 1 aliphatic heterocycles. The zero-order chi connectivity index (χ0) is 18.6. The number of fused-ring (bicyclic) bond motifs is 1. The quantitative estimate of drug-likeness (QED) is 0.848. The SMILES string of the molecule is CC(CCN1CCN(C)CC1)Nc1nc(-c2ccccn2)nc2c1CCC2. The van der Waals surface area contributed by atoms with E-state index in [1.54, 1.807) is 6.20 Å². The van der Waals surface area contributed by atoms with Gasteiger partial charge in [-0.25, -0.2) is 9.97 Å². The predicted octanol–water partition coefficient (Wildman–Crippen LogP) is 2.47. The van der Waals surface area contributed by atoms with E-state index in [9.17, 15) is 0 Å². The number of rotatable bonds is 6. The molecule has 4 rings (SSSR count). The third-order valence-electron chi connectivity index (χ3n) is 5.68. The Balaban J connectivity index is 1.44. The second-order valence-electron chi connectivity index (χ2n) is 7.87. The third-order valence-corrected chi connectivity index (χ3v) is 5.68. The van der Waals surface area contributed by atoms with E-state index in [0.717, 1.165) is 43.1 Å². The Morgan fingerprint density at radius 2 is 1.96 bits per heavy atom. The van der Waals surface area contributed by atoms with Gasteiger partial charge in [0.15, 0.2) is 5.82 Å². The van der Waals surface area contributed by atoms with Crippen LogP contribution in [0.15, 0.2) is 24.4 Å². The van der Waals surface area contributed by atoms with Crippen molar-refractivity contribution in [2.45, 2.75) is 38.6 Å². The maximum Gasteiger partial charge on any atom is 0.180 e. The summed E-state index contributed by atoms with van der Waals surface area (Å²) in [4.78, 5) is 19.1. The highest BCUT2D eigenvalue weighted by atomic mass is 15.2. The van der Waals surface area contributed by atoms with Gasteiger partial charge in [0.2, 0.25) is 0 Å². The lowest BCUT2D eigenvalue weighted by Gasteiger charge is -2.33. The highest BCUT2D eigenvalue weighted by molar-refractivity contribution is 5.58. The maximum absolute atomic E-state index is 4.85. The molecule has 2 aromatic rings. The van der Waals surface area contributed by atoms with E-state index in [0.29, 0.717) is 6.04 Å². The molecule has 6 heteroatoms. The van der Waals surface area contributed by atoms with E-state index >= 15 is 0 Å². The van der Waals surface area contributed by atoms with Crippen LogP contribution in [-0.2, 0) is 12.8 Å². The van der Waals surface area contributed by atoms with Crippen molar-refractivity contribution in [3.8, 4) is 11.5 Å². The fourth-order valence-electron chi connectivity index (χ4n) is 3.91. The first-order valence-electron chi connectivity index (χ1n) is 10.2. The van der Waals surface area contributed by atoms with Crippen LogP contribution >= 0.6 is 0 Å². The number of aryl methyl sites for hydroxylation is 1. The number of aromatic nitrogens is 3. The lowest BCUT2D eigenvalue weighted by atomic mass is 10.1. The van der Waals surface area contributed by atoms with Crippen LogP contribution < -0.4 is 5.32 Å². The second-order valence-corrected chi connectivity index (χ2v) is 7.87. The van der Waals surface area contributed by atoms with Crippen molar-refractivity contribution in [1.29, 1.82) is 0 Å². The summed E-state index contributed by atoms with van der Waals surface area (Å²) in [5.74, 6) is 1.76. The highest BCUT2D eigenvalue weighted by Crippen LogP contribution is 2.29. The predicted molar refractivity (Wildman–Crippen MR) is 109 cm³/mol. The Labute approximate surface area is 162 Å². The molecule has 1 unspecified atom stereocenters. The van der Waals surface area contributed by atoms with Gasteiger partial charge in [0.25, 0.3) is 0 Å². The van der Waals surface area contributed by atoms with Gasteiger partial charge in [0, 0.05) is 56.2 Å². The van der Waals surface area contributed by atoms with Crippen molar-refractivity contribution in [2.75, 3.05) is 45.1 Å². The summed E-state index contributed by atoms with van der Waals surface area (Å²) in [5.41, 5.74) is 3.35. The van der Waals surface area contributed by atoms with Gasteiger partial charge >= 0.3 is 0 Å². The van der Waals surface area contributed by atoms with Gasteiger partial charge in [0.05, 0.1) is 0 Å². The molecule has 0 amide bonds. The summed E-state index contributed by atoms with van der Waals surface area (Å²) in [6.45, 7) is 8.11. The van der Waals surface area contributed by atoms with Gasteiger partial charge in [-0.2, -0.15) is 0 Å². The van der Waals surface area contributed by atoms with Crippen LogP contribution in [-0.4, -0.2) is 70.6 Å². The molecule has 0 spiro atoms. The van der Waals surface area contributed by atoms with E-state index in [-0.39, 0.29) is 0 Å². The van der Waals surface area contributed by atoms with E-state index < -0.39 is 0 Å². The average molecular weight is 367 g/mol. The summed E-state index contributed by atoms with van der Waals surface area (Å²) < 4.78 is 0. The molecule has 1 saturated heterocycles. The largest absolute Gasteiger partial charge is 0.367 e. The van der Waals surface area contributed by atoms with Crippen LogP contribution in [0.25, 0.3) is 11.5 Å². The Kier molecular flexibility index (Phi) is 5.64. The summed E-state index contributed by atoms with van der Waals surface area (Å²) >= 11 is 0. The molecular weight excluding hydrogens is 336 g/mol. The first-order chi connectivity index (χ1) is 13.2. The number of piperazine rings is 1. The Morgan fingerprint density at radius 1 is 1.11 bits per heavy atom. The van der Waals surface area contributed by atoms with Crippen molar-refractivity contribution in [1.82, 2.24) is 24.8 Å². The summed E-state index contributed by atoms with van der Waals surface area (Å²) in [6, 6.07) is 6.29. The molecule has 3 heterocycles. The fraction of sp³-hybridized carbons (Fsp3) is 0.571. The zero-order valence-corrected chi connectivity index (χ0v) is 16.5. The van der Waals surface area contributed by atoms with E-state index in [2.05, 4.69) is 34.1 Å². The molecular formula is C21H30N6. The van der Waals surface area contributed by atoms with Crippen LogP contribution in [0.5, 0.6) is 0 Å². The van der Waals surface area contributed by atoms with E-state index in [1.165, 1.54) is 43.9 Å². The van der Waals surface area contributed by atoms with Crippen LogP contribution in [0.3, 0.4) is 0 Å². The summed E-state index contributed by atoms with van der Waals surface area (Å²) in [5, 5.41) is 3.68. The lowest BCUT2D eigenvalue weighted by molar-refractivity contribution is 0.151. The Morgan fingerprint density at radius 3 is 2.74 bits per heavy atom. The molecule has 0 radical (unpaired) electrons. The normalized spacial score (nSPS) is 19.0. The molecule has 1 aliphatic carbocycles. The van der Waals surface area contributed by atoms with Crippen molar-refractivity contribution in [2.24, 2.45) is 0 Å². The fourth-order valence-corrected chi connectivity index (χ4v) is 3.91. The molecule has 27 heavy (non-hydrogen) atoms. The zero-order valence-electron chi connectivity index (χ0n) is 16.5. The molecule has 0 bridgehead atoms. The van der Waals surface area contributed by atoms with Crippen LogP contribution in [0.2, 0.25) is 0 Å². The van der Waals surface area contributed by atoms with Gasteiger partial charge in [0.1, 0.15) is 11.5 Å². The number of hydrogen-bond donors (Lipinski definition) is 1. The minimum Gasteiger partial charge on any atom is -0.367 e. The van der Waals surface area contributed by atoms with Crippen molar-refractivity contribution >= 4 is 5.82 Å². The van der Waals surface area contributed by atoms with Gasteiger partial charge < -0.3 is 15.1 Å². The Hall–Kier alpha value is -2.05. The first kappa shape index (κ1) is 18.3. The van der Waals surface area contributed by atoms with Crippen molar-refractivity contribution in [3.63, 3.8) is 0 Å². The van der Waals surface area contributed by atoms with Crippen LogP contribution in [0.4, 0.5) is 5.82 Å². The molecule has 1 atom stereocenters. The molecule has 1 N–H and O–H groups in total. The smallest absolute Gasteiger partial charge is 0.180 e. The molecule has 2 aliphatic rings. The maximum atomic E-state index is 4.85. The van der Waals surface area contributed by atoms with Gasteiger partial charge in [-0.05, 0) is 51.8 Å². The molecule has 0 aromatic carbocycles. The number of nitrogens with one attached hydrogen (secondary N) is 1. The monoisotopic (exact) mass is 366 g/mol. The first-order valence-corrected chi connectivity index (χ1v) is 10.2. The lowest BCUT2D eigenvalue weighted by Crippen LogP contribution is -2.45. The van der Waals surface area contributed by atoms with Gasteiger partial charge in [-0.3, -0.25) is 4.98 Å². The number of nitrogens with zero attached hydrogens (tertiary/aromatic N) is 5. The highest BCUT2D eigenvalue weighted by Gasteiger charge is 2.21. The van der Waals surface area contributed by atoms with Crippen molar-refractivity contribution < 1.29 is 0 Å². The molecule has 0 saturated carbocycles. The Bertz CT molecular complexity index is 755. The summed E-state index contributed by atoms with van der Waals surface area (Å²) in [7, 11) is 2.20. The molecule has 1 fully saturated rings.